The molecular formula is C25H37ClN2Rh-. The summed E-state index contributed by atoms with van der Waals surface area (Å²) in [6.45, 7) is 12.0. The summed E-state index contributed by atoms with van der Waals surface area (Å²) in [6.07, 6.45) is 0. The molecule has 0 aliphatic heterocycles. The Morgan fingerprint density at radius 3 is 1.00 bits per heavy atom. The van der Waals surface area contributed by atoms with Crippen LogP contribution in [0.15, 0.2) is 60.7 Å². The summed E-state index contributed by atoms with van der Waals surface area (Å²) in [5.74, 6) is 4.68. The van der Waals surface area contributed by atoms with Crippen LogP contribution >= 0.6 is 9.69 Å². The van der Waals surface area contributed by atoms with Gasteiger partial charge in [-0.05, 0) is 29.6 Å². The molecule has 2 aromatic carbocycles. The Labute approximate surface area is 193 Å². The minimum atomic E-state index is -0.524. The Morgan fingerprint density at radius 2 is 0.793 bits per heavy atom. The molecule has 2 N–H and O–H groups in total. The van der Waals surface area contributed by atoms with E-state index in [4.69, 9.17) is 11.5 Å². The topological polar surface area (TPSA) is 47.6 Å². The van der Waals surface area contributed by atoms with E-state index in [1.807, 2.05) is 78.0 Å². The van der Waals surface area contributed by atoms with E-state index in [1.54, 1.807) is 0 Å². The van der Waals surface area contributed by atoms with Crippen molar-refractivity contribution in [3.8, 4) is 0 Å². The van der Waals surface area contributed by atoms with Crippen molar-refractivity contribution in [2.75, 3.05) is 0 Å². The summed E-state index contributed by atoms with van der Waals surface area (Å²) in [4.78, 5) is 0. The van der Waals surface area contributed by atoms with Crippen molar-refractivity contribution in [1.29, 1.82) is 0 Å². The zero-order valence-electron chi connectivity index (χ0n) is 18.5. The van der Waals surface area contributed by atoms with Gasteiger partial charge in [-0.25, -0.2) is 0 Å². The molecule has 164 valence electrons. The third kappa shape index (κ3) is 7.80. The monoisotopic (exact) mass is 503 g/mol. The van der Waals surface area contributed by atoms with Crippen LogP contribution in [0.5, 0.6) is 0 Å². The predicted molar refractivity (Wildman–Crippen MR) is 125 cm³/mol. The number of nitrogens with one attached hydrogen (secondary N) is 2. The molecule has 3 rings (SSSR count). The van der Waals surface area contributed by atoms with Crippen LogP contribution in [0.25, 0.3) is 11.5 Å². The van der Waals surface area contributed by atoms with Crippen LogP contribution in [0.2, 0.25) is 0 Å². The molecule has 29 heavy (non-hydrogen) atoms. The van der Waals surface area contributed by atoms with Gasteiger partial charge in [-0.1, -0.05) is 106 Å². The Kier molecular flexibility index (Phi) is 14.0. The van der Waals surface area contributed by atoms with Crippen molar-refractivity contribution in [3.05, 3.63) is 90.7 Å². The maximum Gasteiger partial charge on any atom is -0.0606 e. The normalized spacial score (nSPS) is 27.3. The van der Waals surface area contributed by atoms with Gasteiger partial charge in [0, 0.05) is 0 Å². The van der Waals surface area contributed by atoms with Crippen molar-refractivity contribution in [1.82, 2.24) is 0 Å². The first-order valence-electron chi connectivity index (χ1n) is 9.99. The van der Waals surface area contributed by atoms with Gasteiger partial charge in [-0.15, -0.1) is 12.1 Å². The fourth-order valence-corrected chi connectivity index (χ4v) is 4.10. The van der Waals surface area contributed by atoms with Crippen molar-refractivity contribution >= 4 is 9.69 Å². The third-order valence-electron chi connectivity index (χ3n) is 6.80. The molecule has 1 aliphatic carbocycles. The third-order valence-corrected chi connectivity index (χ3v) is 6.80. The Bertz CT molecular complexity index is 564. The van der Waals surface area contributed by atoms with Gasteiger partial charge < -0.3 is 18.9 Å². The van der Waals surface area contributed by atoms with E-state index in [1.165, 1.54) is 0 Å². The quantitative estimate of drug-likeness (QED) is 0.296. The minimum absolute atomic E-state index is 0. The van der Waals surface area contributed by atoms with Gasteiger partial charge in [-0.2, -0.15) is 0 Å². The molecule has 4 heteroatoms. The number of benzene rings is 2. The molecule has 2 aromatic rings. The Hall–Kier alpha value is -0.727. The molecule has 0 saturated heterocycles. The van der Waals surface area contributed by atoms with E-state index in [9.17, 15) is 0 Å². The fourth-order valence-electron chi connectivity index (χ4n) is 4.10. The first kappa shape index (κ1) is 28.3. The molecule has 0 heterocycles. The van der Waals surface area contributed by atoms with Crippen LogP contribution in [-0.2, 0) is 17.3 Å². The Morgan fingerprint density at radius 1 is 0.586 bits per heavy atom. The second-order valence-corrected chi connectivity index (χ2v) is 8.07. The van der Waals surface area contributed by atoms with E-state index in [0.29, 0.717) is 0 Å². The van der Waals surface area contributed by atoms with Crippen LogP contribution in [-0.4, -0.2) is 0 Å². The summed E-state index contributed by atoms with van der Waals surface area (Å²) < 4.78 is 0. The average molecular weight is 504 g/mol. The summed E-state index contributed by atoms with van der Waals surface area (Å²) >= 11 is 2.02. The molecule has 1 saturated carbocycles. The maximum absolute atomic E-state index is 8.07. The zero-order chi connectivity index (χ0) is 21.3. The molecule has 2 nitrogen and oxygen atoms in total. The molecule has 0 amide bonds. The number of rotatable bonds is 3. The molecule has 0 unspecified atom stereocenters. The summed E-state index contributed by atoms with van der Waals surface area (Å²) in [7, 11) is 4.53. The van der Waals surface area contributed by atoms with Crippen LogP contribution in [0, 0.1) is 37.0 Å². The van der Waals surface area contributed by atoms with Gasteiger partial charge in [0.25, 0.3) is 0 Å². The molecule has 2 atom stereocenters. The van der Waals surface area contributed by atoms with Crippen LogP contribution in [0.3, 0.4) is 0 Å². The maximum atomic E-state index is 8.07. The van der Waals surface area contributed by atoms with Crippen molar-refractivity contribution < 1.29 is 17.3 Å². The van der Waals surface area contributed by atoms with E-state index in [-0.39, 0.29) is 7.43 Å². The van der Waals surface area contributed by atoms with Gasteiger partial charge in [-0.3, -0.25) is 0 Å². The number of hydrogen-bond acceptors (Lipinski definition) is 0. The van der Waals surface area contributed by atoms with Gasteiger partial charge in [0.05, 0.1) is 0 Å². The largest absolute Gasteiger partial charge is 0.672 e. The van der Waals surface area contributed by atoms with E-state index >= 15 is 0 Å². The zero-order valence-corrected chi connectivity index (χ0v) is 20.9. The van der Waals surface area contributed by atoms with Crippen molar-refractivity contribution in [2.24, 2.45) is 29.6 Å². The first-order chi connectivity index (χ1) is 13.3. The molecule has 1 aliphatic rings. The van der Waals surface area contributed by atoms with E-state index in [0.717, 1.165) is 40.7 Å². The van der Waals surface area contributed by atoms with E-state index < -0.39 is 12.1 Å². The average Bonchev–Trinajstić information content (AvgIpc) is 2.93. The molecule has 0 radical (unpaired) electrons. The predicted octanol–water partition coefficient (Wildman–Crippen LogP) is 8.89. The van der Waals surface area contributed by atoms with Gasteiger partial charge >= 0.3 is 27.0 Å². The molecule has 1 fully saturated rings. The molecular weight excluding hydrogens is 467 g/mol. The SMILES string of the molecule is CC1C(C)C(C)C(C)C1C.[CH3-].[Cl][Rh+2].[NH-][C@H](c1ccccc1)[C@H]([NH-])c1ccccc1. The molecule has 0 bridgehead atoms. The smallest absolute Gasteiger partial charge is 0.0606 e. The summed E-state index contributed by atoms with van der Waals surface area (Å²) in [5, 5.41) is 0. The van der Waals surface area contributed by atoms with Crippen molar-refractivity contribution in [3.63, 3.8) is 0 Å². The second-order valence-electron chi connectivity index (χ2n) is 8.07. The van der Waals surface area contributed by atoms with Gasteiger partial charge in [0.15, 0.2) is 0 Å². The van der Waals surface area contributed by atoms with Crippen LogP contribution < -0.4 is 0 Å². The van der Waals surface area contributed by atoms with E-state index in [2.05, 4.69) is 44.3 Å². The summed E-state index contributed by atoms with van der Waals surface area (Å²) in [5.41, 5.74) is 17.9. The molecule has 0 spiro atoms. The van der Waals surface area contributed by atoms with Gasteiger partial charge in [0.2, 0.25) is 0 Å². The van der Waals surface area contributed by atoms with Crippen LogP contribution in [0.1, 0.15) is 57.8 Å². The first-order valence-corrected chi connectivity index (χ1v) is 12.1. The minimum Gasteiger partial charge on any atom is -0.672 e. The van der Waals surface area contributed by atoms with Gasteiger partial charge in [0.1, 0.15) is 0 Å². The van der Waals surface area contributed by atoms with Crippen molar-refractivity contribution in [2.45, 2.75) is 46.7 Å². The second kappa shape index (κ2) is 14.3. The number of hydrogen-bond donors (Lipinski definition) is 0. The molecule has 0 aromatic heterocycles. The standard InChI is InChI=1S/C14H14N2.C10H20.CH3.ClH.Rh/c15-13(11-7-3-1-4-8-11)14(16)12-9-5-2-6-10-12;1-6-7(2)9(4)10(5)8(6)3;;;/h1-10,13-16H;6-10H,1-5H3;1H3;1H;/q-2;;-1;;+3/p-1/t13-,14-;;;;/m1..../s1. The number of halogens is 1. The van der Waals surface area contributed by atoms with Crippen LogP contribution in [0.4, 0.5) is 0 Å². The summed E-state index contributed by atoms with van der Waals surface area (Å²) in [6, 6.07) is 18.1. The Balaban J connectivity index is 0.000000524. The fraction of sp³-hybridized carbons (Fsp3) is 0.480.